The number of nitrogens with two attached hydrogens (primary N) is 1. The number of nitrogens with zero attached hydrogens (tertiary/aromatic N) is 3. The van der Waals surface area contributed by atoms with E-state index in [2.05, 4.69) is 15.6 Å². The molecule has 0 aliphatic carbocycles. The summed E-state index contributed by atoms with van der Waals surface area (Å²) in [5, 5.41) is 18.9. The fourth-order valence-electron chi connectivity index (χ4n) is 1.90. The first-order valence-corrected chi connectivity index (χ1v) is 6.05. The van der Waals surface area contributed by atoms with Crippen molar-refractivity contribution in [3.05, 3.63) is 53.1 Å². The lowest BCUT2D eigenvalue weighted by Crippen LogP contribution is -2.20. The molecule has 0 saturated heterocycles. The van der Waals surface area contributed by atoms with Crippen LogP contribution in [0, 0.1) is 5.82 Å². The highest BCUT2D eigenvalue weighted by atomic mass is 19.1. The number of aryl methyl sites for hydroxylation is 1. The van der Waals surface area contributed by atoms with Gasteiger partial charge in [-0.05, 0) is 23.8 Å². The summed E-state index contributed by atoms with van der Waals surface area (Å²) in [6, 6.07) is 6.10. The molecule has 2 aromatic rings. The number of halogens is 1. The van der Waals surface area contributed by atoms with E-state index in [1.807, 2.05) is 13.1 Å². The third-order valence-corrected chi connectivity index (χ3v) is 3.00. The Kier molecular flexibility index (Phi) is 4.31. The van der Waals surface area contributed by atoms with E-state index in [0.29, 0.717) is 18.7 Å². The van der Waals surface area contributed by atoms with Crippen molar-refractivity contribution in [1.82, 2.24) is 15.1 Å². The van der Waals surface area contributed by atoms with Gasteiger partial charge in [0.05, 0.1) is 5.69 Å². The average Bonchev–Trinajstić information content (AvgIpc) is 2.85. The number of benzene rings is 1. The van der Waals surface area contributed by atoms with E-state index in [4.69, 9.17) is 10.9 Å². The summed E-state index contributed by atoms with van der Waals surface area (Å²) in [7, 11) is 1.86. The molecule has 1 heterocycles. The number of hydrogen-bond donors (Lipinski definition) is 3. The Morgan fingerprint density at radius 3 is 2.90 bits per heavy atom. The number of hydrogen-bond acceptors (Lipinski definition) is 4. The quantitative estimate of drug-likeness (QED) is 0.328. The first-order valence-electron chi connectivity index (χ1n) is 6.05. The van der Waals surface area contributed by atoms with Gasteiger partial charge in [-0.1, -0.05) is 11.2 Å². The van der Waals surface area contributed by atoms with Crippen molar-refractivity contribution in [3.8, 4) is 0 Å². The van der Waals surface area contributed by atoms with Crippen LogP contribution in [-0.4, -0.2) is 20.8 Å². The van der Waals surface area contributed by atoms with E-state index in [0.717, 1.165) is 11.3 Å². The van der Waals surface area contributed by atoms with Crippen molar-refractivity contribution in [3.63, 3.8) is 0 Å². The van der Waals surface area contributed by atoms with Gasteiger partial charge >= 0.3 is 0 Å². The van der Waals surface area contributed by atoms with E-state index >= 15 is 0 Å². The predicted molar refractivity (Wildman–Crippen MR) is 72.7 cm³/mol. The summed E-state index contributed by atoms with van der Waals surface area (Å²) < 4.78 is 15.0. The van der Waals surface area contributed by atoms with Crippen molar-refractivity contribution in [2.75, 3.05) is 0 Å². The number of rotatable bonds is 5. The third kappa shape index (κ3) is 3.12. The SMILES string of the molecule is Cn1nccc1CNCc1ccc(F)cc1C(N)=NO. The van der Waals surface area contributed by atoms with E-state index in [9.17, 15) is 4.39 Å². The van der Waals surface area contributed by atoms with Gasteiger partial charge in [-0.3, -0.25) is 4.68 Å². The van der Waals surface area contributed by atoms with Gasteiger partial charge in [0.1, 0.15) is 5.82 Å². The lowest BCUT2D eigenvalue weighted by Gasteiger charge is -2.10. The van der Waals surface area contributed by atoms with Crippen LogP contribution in [-0.2, 0) is 20.1 Å². The van der Waals surface area contributed by atoms with Crippen LogP contribution in [0.1, 0.15) is 16.8 Å². The molecule has 0 radical (unpaired) electrons. The first kappa shape index (κ1) is 14.0. The second kappa shape index (κ2) is 6.16. The Hall–Kier alpha value is -2.41. The Morgan fingerprint density at radius 1 is 1.45 bits per heavy atom. The molecule has 0 unspecified atom stereocenters. The van der Waals surface area contributed by atoms with Gasteiger partial charge in [-0.2, -0.15) is 5.10 Å². The highest BCUT2D eigenvalue weighted by Crippen LogP contribution is 2.11. The predicted octanol–water partition coefficient (Wildman–Crippen LogP) is 0.944. The lowest BCUT2D eigenvalue weighted by atomic mass is 10.1. The van der Waals surface area contributed by atoms with Crippen molar-refractivity contribution in [2.24, 2.45) is 17.9 Å². The summed E-state index contributed by atoms with van der Waals surface area (Å²) in [5.41, 5.74) is 7.70. The first-order chi connectivity index (χ1) is 9.61. The molecule has 1 aromatic carbocycles. The summed E-state index contributed by atoms with van der Waals surface area (Å²) in [4.78, 5) is 0. The molecular weight excluding hydrogens is 261 g/mol. The monoisotopic (exact) mass is 277 g/mol. The number of amidine groups is 1. The second-order valence-electron chi connectivity index (χ2n) is 4.34. The fourth-order valence-corrected chi connectivity index (χ4v) is 1.90. The standard InChI is InChI=1S/C13H16FN5O/c1-19-11(4-5-17-19)8-16-7-9-2-3-10(14)6-12(9)13(15)18-20/h2-6,16,20H,7-8H2,1H3,(H2,15,18). The van der Waals surface area contributed by atoms with Gasteiger partial charge in [0.2, 0.25) is 0 Å². The van der Waals surface area contributed by atoms with Crippen LogP contribution in [0.3, 0.4) is 0 Å². The number of nitrogens with one attached hydrogen (secondary N) is 1. The zero-order valence-electron chi connectivity index (χ0n) is 11.0. The minimum atomic E-state index is -0.429. The van der Waals surface area contributed by atoms with Gasteiger partial charge in [-0.15, -0.1) is 0 Å². The van der Waals surface area contributed by atoms with Crippen LogP contribution in [0.4, 0.5) is 4.39 Å². The molecule has 0 saturated carbocycles. The molecule has 0 atom stereocenters. The van der Waals surface area contributed by atoms with Crippen LogP contribution in [0.15, 0.2) is 35.6 Å². The molecule has 4 N–H and O–H groups in total. The molecular formula is C13H16FN5O. The summed E-state index contributed by atoms with van der Waals surface area (Å²) in [5.74, 6) is -0.538. The minimum Gasteiger partial charge on any atom is -0.409 e. The van der Waals surface area contributed by atoms with Crippen molar-refractivity contribution in [1.29, 1.82) is 0 Å². The van der Waals surface area contributed by atoms with Crippen molar-refractivity contribution < 1.29 is 9.60 Å². The molecule has 0 amide bonds. The number of oxime groups is 1. The zero-order valence-corrected chi connectivity index (χ0v) is 11.0. The Balaban J connectivity index is 2.08. The van der Waals surface area contributed by atoms with E-state index in [-0.39, 0.29) is 5.84 Å². The third-order valence-electron chi connectivity index (χ3n) is 3.00. The van der Waals surface area contributed by atoms with Crippen molar-refractivity contribution in [2.45, 2.75) is 13.1 Å². The van der Waals surface area contributed by atoms with Crippen LogP contribution in [0.25, 0.3) is 0 Å². The van der Waals surface area contributed by atoms with Crippen LogP contribution in [0.2, 0.25) is 0 Å². The topological polar surface area (TPSA) is 88.5 Å². The lowest BCUT2D eigenvalue weighted by molar-refractivity contribution is 0.318. The smallest absolute Gasteiger partial charge is 0.170 e. The van der Waals surface area contributed by atoms with E-state index < -0.39 is 5.82 Å². The maximum absolute atomic E-state index is 13.2. The Bertz CT molecular complexity index is 623. The maximum atomic E-state index is 13.2. The normalized spacial score (nSPS) is 11.8. The zero-order chi connectivity index (χ0) is 14.5. The molecule has 6 nitrogen and oxygen atoms in total. The molecule has 1 aromatic heterocycles. The van der Waals surface area contributed by atoms with E-state index in [1.165, 1.54) is 12.1 Å². The molecule has 0 spiro atoms. The molecule has 0 aliphatic rings. The molecule has 20 heavy (non-hydrogen) atoms. The van der Waals surface area contributed by atoms with E-state index in [1.54, 1.807) is 16.9 Å². The van der Waals surface area contributed by atoms with Crippen LogP contribution in [0.5, 0.6) is 0 Å². The molecule has 2 rings (SSSR count). The minimum absolute atomic E-state index is 0.109. The van der Waals surface area contributed by atoms with Crippen molar-refractivity contribution >= 4 is 5.84 Å². The Morgan fingerprint density at radius 2 is 2.25 bits per heavy atom. The summed E-state index contributed by atoms with van der Waals surface area (Å²) in [6.07, 6.45) is 1.72. The van der Waals surface area contributed by atoms with Gasteiger partial charge in [0.25, 0.3) is 0 Å². The van der Waals surface area contributed by atoms with Gasteiger partial charge in [0.15, 0.2) is 5.84 Å². The summed E-state index contributed by atoms with van der Waals surface area (Å²) in [6.45, 7) is 1.08. The van der Waals surface area contributed by atoms with Gasteiger partial charge < -0.3 is 16.3 Å². The molecule has 7 heteroatoms. The maximum Gasteiger partial charge on any atom is 0.170 e. The van der Waals surface area contributed by atoms with Crippen LogP contribution >= 0.6 is 0 Å². The van der Waals surface area contributed by atoms with Crippen LogP contribution < -0.4 is 11.1 Å². The molecule has 0 bridgehead atoms. The largest absolute Gasteiger partial charge is 0.409 e. The molecule has 0 aliphatic heterocycles. The average molecular weight is 277 g/mol. The molecule has 0 fully saturated rings. The number of aromatic nitrogens is 2. The second-order valence-corrected chi connectivity index (χ2v) is 4.34. The molecule has 106 valence electrons. The van der Waals surface area contributed by atoms with Gasteiger partial charge in [-0.25, -0.2) is 4.39 Å². The van der Waals surface area contributed by atoms with Gasteiger partial charge in [0, 0.05) is 31.9 Å². The summed E-state index contributed by atoms with van der Waals surface area (Å²) >= 11 is 0. The highest BCUT2D eigenvalue weighted by molar-refractivity contribution is 5.98. The highest BCUT2D eigenvalue weighted by Gasteiger charge is 2.08. The fraction of sp³-hybridized carbons (Fsp3) is 0.231. The Labute approximate surface area is 115 Å².